The highest BCUT2D eigenvalue weighted by atomic mass is 16.5. The molecule has 2 rings (SSSR count). The Bertz CT molecular complexity index is 757. The minimum Gasteiger partial charge on any atom is -0.493 e. The van der Waals surface area contributed by atoms with Crippen molar-refractivity contribution in [2.45, 2.75) is 33.7 Å². The lowest BCUT2D eigenvalue weighted by atomic mass is 10.1. The average molecular weight is 356 g/mol. The first-order valence-electron chi connectivity index (χ1n) is 8.84. The van der Waals surface area contributed by atoms with E-state index < -0.39 is 0 Å². The van der Waals surface area contributed by atoms with Gasteiger partial charge in [-0.3, -0.25) is 4.79 Å². The van der Waals surface area contributed by atoms with Crippen LogP contribution in [-0.2, 0) is 6.54 Å². The maximum absolute atomic E-state index is 12.4. The van der Waals surface area contributed by atoms with E-state index in [1.165, 1.54) is 0 Å². The number of ether oxygens (including phenoxy) is 2. The van der Waals surface area contributed by atoms with E-state index in [2.05, 4.69) is 19.2 Å². The molecule has 3 N–H and O–H groups in total. The Kier molecular flexibility index (Phi) is 6.89. The molecule has 0 heterocycles. The van der Waals surface area contributed by atoms with Crippen LogP contribution >= 0.6 is 0 Å². The summed E-state index contributed by atoms with van der Waals surface area (Å²) in [4.78, 5) is 12.4. The summed E-state index contributed by atoms with van der Waals surface area (Å²) in [6.07, 6.45) is 0.987. The fraction of sp³-hybridized carbons (Fsp3) is 0.381. The van der Waals surface area contributed by atoms with Crippen molar-refractivity contribution < 1.29 is 14.3 Å². The van der Waals surface area contributed by atoms with Gasteiger partial charge in [0.1, 0.15) is 0 Å². The lowest BCUT2D eigenvalue weighted by Crippen LogP contribution is -2.23. The van der Waals surface area contributed by atoms with E-state index in [4.69, 9.17) is 15.2 Å². The summed E-state index contributed by atoms with van der Waals surface area (Å²) in [6.45, 7) is 7.26. The monoisotopic (exact) mass is 356 g/mol. The number of nitrogens with one attached hydrogen (secondary N) is 1. The Morgan fingerprint density at radius 2 is 1.92 bits per heavy atom. The number of methoxy groups -OCH3 is 1. The van der Waals surface area contributed by atoms with E-state index in [0.29, 0.717) is 36.1 Å². The number of hydrogen-bond acceptors (Lipinski definition) is 4. The van der Waals surface area contributed by atoms with E-state index in [0.717, 1.165) is 23.3 Å². The van der Waals surface area contributed by atoms with Crippen LogP contribution in [0, 0.1) is 12.8 Å². The Morgan fingerprint density at radius 3 is 2.62 bits per heavy atom. The van der Waals surface area contributed by atoms with Crippen molar-refractivity contribution in [2.24, 2.45) is 5.92 Å². The first kappa shape index (κ1) is 19.6. The number of nitrogens with two attached hydrogens (primary N) is 1. The smallest absolute Gasteiger partial charge is 0.251 e. The number of carbonyl (C=O) groups excluding carboxylic acids is 1. The number of amides is 1. The van der Waals surface area contributed by atoms with Crippen molar-refractivity contribution in [3.8, 4) is 11.5 Å². The first-order valence-corrected chi connectivity index (χ1v) is 8.84. The van der Waals surface area contributed by atoms with Gasteiger partial charge in [0.05, 0.1) is 13.7 Å². The summed E-state index contributed by atoms with van der Waals surface area (Å²) in [5, 5.41) is 2.92. The predicted molar refractivity (Wildman–Crippen MR) is 105 cm³/mol. The van der Waals surface area contributed by atoms with Crippen molar-refractivity contribution in [1.82, 2.24) is 5.32 Å². The Labute approximate surface area is 155 Å². The maximum Gasteiger partial charge on any atom is 0.251 e. The van der Waals surface area contributed by atoms with E-state index in [1.807, 2.05) is 31.2 Å². The molecule has 1 amide bonds. The lowest BCUT2D eigenvalue weighted by Gasteiger charge is -2.14. The molecular formula is C21H28N2O3. The molecular weight excluding hydrogens is 328 g/mol. The van der Waals surface area contributed by atoms with Gasteiger partial charge in [-0.05, 0) is 54.7 Å². The number of carbonyl (C=O) groups is 1. The number of anilines is 1. The predicted octanol–water partition coefficient (Wildman–Crippen LogP) is 3.94. The zero-order valence-corrected chi connectivity index (χ0v) is 16.0. The van der Waals surface area contributed by atoms with Gasteiger partial charge in [-0.25, -0.2) is 0 Å². The molecule has 0 aromatic heterocycles. The third-order valence-corrected chi connectivity index (χ3v) is 4.14. The third kappa shape index (κ3) is 5.41. The van der Waals surface area contributed by atoms with Gasteiger partial charge in [0.2, 0.25) is 0 Å². The van der Waals surface area contributed by atoms with Gasteiger partial charge in [-0.1, -0.05) is 26.0 Å². The Morgan fingerprint density at radius 1 is 1.15 bits per heavy atom. The molecule has 0 aliphatic rings. The molecule has 0 aliphatic heterocycles. The fourth-order valence-corrected chi connectivity index (χ4v) is 2.51. The van der Waals surface area contributed by atoms with Crippen LogP contribution in [0.5, 0.6) is 11.5 Å². The summed E-state index contributed by atoms with van der Waals surface area (Å²) < 4.78 is 11.2. The SMILES string of the molecule is COc1cc(CNC(=O)c2cc(N)ccc2C)ccc1OCCC(C)C. The zero-order valence-electron chi connectivity index (χ0n) is 16.0. The highest BCUT2D eigenvalue weighted by molar-refractivity contribution is 5.96. The minimum absolute atomic E-state index is 0.147. The molecule has 0 aliphatic carbocycles. The van der Waals surface area contributed by atoms with Crippen LogP contribution in [0.1, 0.15) is 41.8 Å². The summed E-state index contributed by atoms with van der Waals surface area (Å²) in [5.41, 5.74) is 8.77. The molecule has 0 atom stereocenters. The Balaban J connectivity index is 2.01. The standard InChI is InChI=1S/C21H28N2O3/c1-14(2)9-10-26-19-8-6-16(11-20(19)25-4)13-23-21(24)18-12-17(22)7-5-15(18)3/h5-8,11-12,14H,9-10,13,22H2,1-4H3,(H,23,24). The van der Waals surface area contributed by atoms with Crippen molar-refractivity contribution in [3.63, 3.8) is 0 Å². The summed E-state index contributed by atoms with van der Waals surface area (Å²) in [5.74, 6) is 1.83. The van der Waals surface area contributed by atoms with Gasteiger partial charge in [0, 0.05) is 17.8 Å². The number of aryl methyl sites for hydroxylation is 1. The number of rotatable bonds is 8. The normalized spacial score (nSPS) is 10.7. The Hall–Kier alpha value is -2.69. The molecule has 0 fully saturated rings. The second-order valence-electron chi connectivity index (χ2n) is 6.77. The molecule has 0 saturated carbocycles. The van der Waals surface area contributed by atoms with Crippen molar-refractivity contribution in [1.29, 1.82) is 0 Å². The van der Waals surface area contributed by atoms with E-state index in [9.17, 15) is 4.79 Å². The van der Waals surface area contributed by atoms with Crippen LogP contribution in [0.25, 0.3) is 0 Å². The zero-order chi connectivity index (χ0) is 19.1. The molecule has 2 aromatic rings. The van der Waals surface area contributed by atoms with Crippen LogP contribution in [0.2, 0.25) is 0 Å². The fourth-order valence-electron chi connectivity index (χ4n) is 2.51. The largest absolute Gasteiger partial charge is 0.493 e. The molecule has 140 valence electrons. The van der Waals surface area contributed by atoms with Gasteiger partial charge >= 0.3 is 0 Å². The van der Waals surface area contributed by atoms with Crippen molar-refractivity contribution in [3.05, 3.63) is 53.1 Å². The van der Waals surface area contributed by atoms with E-state index >= 15 is 0 Å². The second-order valence-corrected chi connectivity index (χ2v) is 6.77. The molecule has 0 radical (unpaired) electrons. The maximum atomic E-state index is 12.4. The van der Waals surface area contributed by atoms with Crippen LogP contribution < -0.4 is 20.5 Å². The quantitative estimate of drug-likeness (QED) is 0.703. The second kappa shape index (κ2) is 9.13. The molecule has 0 saturated heterocycles. The van der Waals surface area contributed by atoms with Gasteiger partial charge in [-0.15, -0.1) is 0 Å². The van der Waals surface area contributed by atoms with Crippen LogP contribution in [0.15, 0.2) is 36.4 Å². The van der Waals surface area contributed by atoms with Crippen molar-refractivity contribution >= 4 is 11.6 Å². The minimum atomic E-state index is -0.147. The molecule has 0 unspecified atom stereocenters. The lowest BCUT2D eigenvalue weighted by molar-refractivity contribution is 0.0950. The van der Waals surface area contributed by atoms with Crippen LogP contribution in [0.3, 0.4) is 0 Å². The van der Waals surface area contributed by atoms with Crippen molar-refractivity contribution in [2.75, 3.05) is 19.5 Å². The topological polar surface area (TPSA) is 73.6 Å². The first-order chi connectivity index (χ1) is 12.4. The highest BCUT2D eigenvalue weighted by Gasteiger charge is 2.11. The van der Waals surface area contributed by atoms with Gasteiger partial charge < -0.3 is 20.5 Å². The third-order valence-electron chi connectivity index (χ3n) is 4.14. The van der Waals surface area contributed by atoms with Gasteiger partial charge in [0.25, 0.3) is 5.91 Å². The molecule has 5 heteroatoms. The number of benzene rings is 2. The number of nitrogen functional groups attached to an aromatic ring is 1. The number of hydrogen-bond donors (Lipinski definition) is 2. The molecule has 2 aromatic carbocycles. The molecule has 0 bridgehead atoms. The van der Waals surface area contributed by atoms with Crippen LogP contribution in [0.4, 0.5) is 5.69 Å². The van der Waals surface area contributed by atoms with Gasteiger partial charge in [-0.2, -0.15) is 0 Å². The van der Waals surface area contributed by atoms with E-state index in [-0.39, 0.29) is 5.91 Å². The van der Waals surface area contributed by atoms with E-state index in [1.54, 1.807) is 19.2 Å². The summed E-state index contributed by atoms with van der Waals surface area (Å²) in [7, 11) is 1.61. The van der Waals surface area contributed by atoms with Gasteiger partial charge in [0.15, 0.2) is 11.5 Å². The summed E-state index contributed by atoms with van der Waals surface area (Å²) in [6, 6.07) is 11.0. The summed E-state index contributed by atoms with van der Waals surface area (Å²) >= 11 is 0. The molecule has 0 spiro atoms. The average Bonchev–Trinajstić information content (AvgIpc) is 2.62. The van der Waals surface area contributed by atoms with Crippen LogP contribution in [-0.4, -0.2) is 19.6 Å². The molecule has 5 nitrogen and oxygen atoms in total. The highest BCUT2D eigenvalue weighted by Crippen LogP contribution is 2.28. The molecule has 26 heavy (non-hydrogen) atoms.